The minimum atomic E-state index is -0.555. The lowest BCUT2D eigenvalue weighted by Crippen LogP contribution is -2.21. The molecule has 120 valence electrons. The van der Waals surface area contributed by atoms with E-state index in [9.17, 15) is 9.59 Å². The van der Waals surface area contributed by atoms with Crippen LogP contribution in [0.2, 0.25) is 0 Å². The molecule has 0 bridgehead atoms. The number of nitrogens with one attached hydrogen (secondary N) is 1. The summed E-state index contributed by atoms with van der Waals surface area (Å²) < 4.78 is 10.0. The molecule has 0 spiro atoms. The van der Waals surface area contributed by atoms with Gasteiger partial charge >= 0.3 is 5.97 Å². The van der Waals surface area contributed by atoms with Gasteiger partial charge in [0.05, 0.1) is 18.4 Å². The van der Waals surface area contributed by atoms with Crippen LogP contribution in [-0.4, -0.2) is 31.8 Å². The zero-order valence-electron chi connectivity index (χ0n) is 12.9. The molecule has 0 saturated heterocycles. The maximum absolute atomic E-state index is 11.9. The lowest BCUT2D eigenvalue weighted by Gasteiger charge is -2.09. The maximum Gasteiger partial charge on any atom is 0.338 e. The summed E-state index contributed by atoms with van der Waals surface area (Å²) >= 11 is 1.53. The van der Waals surface area contributed by atoms with Crippen LogP contribution in [-0.2, 0) is 9.53 Å². The van der Waals surface area contributed by atoms with Crippen molar-refractivity contribution in [3.8, 4) is 5.75 Å². The zero-order chi connectivity index (χ0) is 16.7. The van der Waals surface area contributed by atoms with Gasteiger partial charge in [0.15, 0.2) is 6.61 Å². The van der Waals surface area contributed by atoms with Gasteiger partial charge in [-0.25, -0.2) is 4.79 Å². The lowest BCUT2D eigenvalue weighted by atomic mass is 10.2. The smallest absolute Gasteiger partial charge is 0.338 e. The average Bonchev–Trinajstić information content (AvgIpc) is 2.60. The largest absolute Gasteiger partial charge is 0.497 e. The van der Waals surface area contributed by atoms with E-state index in [0.29, 0.717) is 17.0 Å². The second-order valence-electron chi connectivity index (χ2n) is 4.55. The average molecular weight is 331 g/mol. The van der Waals surface area contributed by atoms with Gasteiger partial charge in [0, 0.05) is 4.90 Å². The molecule has 0 aromatic heterocycles. The minimum absolute atomic E-state index is 0.340. The number of anilines is 1. The van der Waals surface area contributed by atoms with Crippen LogP contribution in [0.3, 0.4) is 0 Å². The lowest BCUT2D eigenvalue weighted by molar-refractivity contribution is -0.119. The number of carbonyl (C=O) groups excluding carboxylic acids is 2. The summed E-state index contributed by atoms with van der Waals surface area (Å²) in [6.07, 6.45) is 1.93. The molecule has 2 aromatic carbocycles. The van der Waals surface area contributed by atoms with Crippen LogP contribution in [0, 0.1) is 0 Å². The highest BCUT2D eigenvalue weighted by molar-refractivity contribution is 7.98. The summed E-state index contributed by atoms with van der Waals surface area (Å²) in [6.45, 7) is -0.340. The maximum atomic E-state index is 11.9. The first-order valence-corrected chi connectivity index (χ1v) is 8.10. The molecular formula is C17H17NO4S. The summed E-state index contributed by atoms with van der Waals surface area (Å²) in [7, 11) is 1.55. The van der Waals surface area contributed by atoms with Crippen LogP contribution in [0.5, 0.6) is 5.75 Å². The van der Waals surface area contributed by atoms with Gasteiger partial charge in [-0.05, 0) is 42.7 Å². The van der Waals surface area contributed by atoms with Gasteiger partial charge in [-0.15, -0.1) is 11.8 Å². The number of benzene rings is 2. The van der Waals surface area contributed by atoms with Crippen molar-refractivity contribution in [2.24, 2.45) is 0 Å². The number of hydrogen-bond donors (Lipinski definition) is 1. The Balaban J connectivity index is 1.89. The minimum Gasteiger partial charge on any atom is -0.497 e. The summed E-state index contributed by atoms with van der Waals surface area (Å²) in [6, 6.07) is 13.9. The summed E-state index contributed by atoms with van der Waals surface area (Å²) in [5, 5.41) is 2.73. The van der Waals surface area contributed by atoms with Gasteiger partial charge in [-0.3, -0.25) is 4.79 Å². The molecule has 0 heterocycles. The van der Waals surface area contributed by atoms with E-state index in [0.717, 1.165) is 4.90 Å². The molecule has 0 radical (unpaired) electrons. The van der Waals surface area contributed by atoms with E-state index in [4.69, 9.17) is 9.47 Å². The molecule has 2 rings (SSSR count). The van der Waals surface area contributed by atoms with Crippen molar-refractivity contribution in [2.75, 3.05) is 25.3 Å². The predicted octanol–water partition coefficient (Wildman–Crippen LogP) is 3.21. The van der Waals surface area contributed by atoms with Crippen molar-refractivity contribution in [1.82, 2.24) is 0 Å². The van der Waals surface area contributed by atoms with Crippen molar-refractivity contribution < 1.29 is 19.1 Å². The molecule has 23 heavy (non-hydrogen) atoms. The third kappa shape index (κ3) is 4.75. The van der Waals surface area contributed by atoms with Crippen LogP contribution in [0.15, 0.2) is 53.4 Å². The number of thioether (sulfide) groups is 1. The van der Waals surface area contributed by atoms with Gasteiger partial charge in [0.25, 0.3) is 5.91 Å². The molecule has 6 heteroatoms. The first-order valence-electron chi connectivity index (χ1n) is 6.88. The topological polar surface area (TPSA) is 64.6 Å². The van der Waals surface area contributed by atoms with E-state index in [1.54, 1.807) is 37.4 Å². The van der Waals surface area contributed by atoms with Crippen molar-refractivity contribution in [3.63, 3.8) is 0 Å². The molecule has 5 nitrogen and oxygen atoms in total. The summed E-state index contributed by atoms with van der Waals surface area (Å²) in [5.41, 5.74) is 1.06. The Bertz CT molecular complexity index is 685. The molecule has 0 aliphatic carbocycles. The molecule has 1 N–H and O–H groups in total. The Hall–Kier alpha value is -2.47. The molecule has 1 amide bonds. The third-order valence-corrected chi connectivity index (χ3v) is 3.84. The molecule has 0 unspecified atom stereocenters. The molecule has 0 saturated carbocycles. The number of para-hydroxylation sites is 1. The van der Waals surface area contributed by atoms with Gasteiger partial charge < -0.3 is 14.8 Å². The Morgan fingerprint density at radius 1 is 1.09 bits per heavy atom. The van der Waals surface area contributed by atoms with E-state index in [2.05, 4.69) is 5.32 Å². The van der Waals surface area contributed by atoms with Crippen LogP contribution in [0.25, 0.3) is 0 Å². The number of hydrogen-bond acceptors (Lipinski definition) is 5. The van der Waals surface area contributed by atoms with E-state index >= 15 is 0 Å². The van der Waals surface area contributed by atoms with Crippen LogP contribution >= 0.6 is 11.8 Å². The first kappa shape index (κ1) is 16.9. The van der Waals surface area contributed by atoms with E-state index in [-0.39, 0.29) is 12.5 Å². The van der Waals surface area contributed by atoms with Crippen molar-refractivity contribution in [1.29, 1.82) is 0 Å². The summed E-state index contributed by atoms with van der Waals surface area (Å²) in [5.74, 6) is -0.290. The molecule has 0 atom stereocenters. The Kier molecular flexibility index (Phi) is 6.05. The van der Waals surface area contributed by atoms with Gasteiger partial charge in [0.2, 0.25) is 0 Å². The first-order chi connectivity index (χ1) is 11.1. The fourth-order valence-corrected chi connectivity index (χ4v) is 2.43. The van der Waals surface area contributed by atoms with Gasteiger partial charge in [-0.2, -0.15) is 0 Å². The number of carbonyl (C=O) groups is 2. The van der Waals surface area contributed by atoms with Gasteiger partial charge in [-0.1, -0.05) is 12.1 Å². The molecular weight excluding hydrogens is 314 g/mol. The monoisotopic (exact) mass is 331 g/mol. The van der Waals surface area contributed by atoms with E-state index in [1.165, 1.54) is 11.8 Å². The highest BCUT2D eigenvalue weighted by atomic mass is 32.2. The van der Waals surface area contributed by atoms with E-state index < -0.39 is 5.97 Å². The van der Waals surface area contributed by atoms with Crippen molar-refractivity contribution in [3.05, 3.63) is 54.1 Å². The number of methoxy groups -OCH3 is 1. The predicted molar refractivity (Wildman–Crippen MR) is 90.1 cm³/mol. The number of esters is 1. The number of amides is 1. The van der Waals surface area contributed by atoms with E-state index in [1.807, 2.05) is 24.5 Å². The Morgan fingerprint density at radius 3 is 2.43 bits per heavy atom. The Labute approximate surface area is 139 Å². The molecule has 2 aromatic rings. The van der Waals surface area contributed by atoms with Gasteiger partial charge in [0.1, 0.15) is 5.75 Å². The molecule has 0 aliphatic rings. The van der Waals surface area contributed by atoms with Crippen LogP contribution in [0.1, 0.15) is 10.4 Å². The Morgan fingerprint density at radius 2 is 1.78 bits per heavy atom. The number of rotatable bonds is 6. The second kappa shape index (κ2) is 8.24. The normalized spacial score (nSPS) is 10.0. The second-order valence-corrected chi connectivity index (χ2v) is 5.40. The van der Waals surface area contributed by atoms with Crippen LogP contribution in [0.4, 0.5) is 5.69 Å². The molecule has 0 fully saturated rings. The molecule has 0 aliphatic heterocycles. The SMILES string of the molecule is COc1ccc(C(=O)OCC(=O)Nc2ccccc2SC)cc1. The third-order valence-electron chi connectivity index (χ3n) is 3.04. The fourth-order valence-electron chi connectivity index (χ4n) is 1.88. The quantitative estimate of drug-likeness (QED) is 0.650. The summed E-state index contributed by atoms with van der Waals surface area (Å²) in [4.78, 5) is 24.7. The standard InChI is InChI=1S/C17H17NO4S/c1-21-13-9-7-12(8-10-13)17(20)22-11-16(19)18-14-5-3-4-6-15(14)23-2/h3-10H,11H2,1-2H3,(H,18,19). The fraction of sp³-hybridized carbons (Fsp3) is 0.176. The number of ether oxygens (including phenoxy) is 2. The van der Waals surface area contributed by atoms with Crippen molar-refractivity contribution in [2.45, 2.75) is 4.90 Å². The zero-order valence-corrected chi connectivity index (χ0v) is 13.7. The van der Waals surface area contributed by atoms with Crippen molar-refractivity contribution >= 4 is 29.3 Å². The highest BCUT2D eigenvalue weighted by Gasteiger charge is 2.11. The van der Waals surface area contributed by atoms with Crippen LogP contribution < -0.4 is 10.1 Å². The highest BCUT2D eigenvalue weighted by Crippen LogP contribution is 2.24.